The van der Waals surface area contributed by atoms with E-state index >= 15 is 0 Å². The molecule has 3 rings (SSSR count). The first-order valence-corrected chi connectivity index (χ1v) is 14.2. The molecule has 0 aliphatic heterocycles. The Morgan fingerprint density at radius 2 is 1.67 bits per heavy atom. The summed E-state index contributed by atoms with van der Waals surface area (Å²) in [4.78, 5) is 42.6. The van der Waals surface area contributed by atoms with Crippen molar-refractivity contribution in [2.24, 2.45) is 0 Å². The fourth-order valence-electron chi connectivity index (χ4n) is 5.28. The lowest BCUT2D eigenvalue weighted by molar-refractivity contribution is -0.142. The van der Waals surface area contributed by atoms with Gasteiger partial charge >= 0.3 is 6.09 Å². The summed E-state index contributed by atoms with van der Waals surface area (Å²) in [5, 5.41) is 6.05. The highest BCUT2D eigenvalue weighted by Crippen LogP contribution is 2.28. The normalized spacial score (nSPS) is 15.6. The minimum absolute atomic E-state index is 0.105. The number of alkyl carbamates (subject to hydrolysis) is 1. The molecule has 0 bridgehead atoms. The number of nitrogens with zero attached hydrogens (tertiary/aromatic N) is 1. The number of likely N-dealkylation sites (N-methyl/N-ethyl adjacent to an activating group) is 1. The van der Waals surface area contributed by atoms with Gasteiger partial charge in [0.2, 0.25) is 11.8 Å². The molecule has 212 valence electrons. The zero-order valence-corrected chi connectivity index (χ0v) is 24.4. The molecule has 3 amide bonds. The molecule has 39 heavy (non-hydrogen) atoms. The summed E-state index contributed by atoms with van der Waals surface area (Å²) in [5.74, 6) is -0.504. The molecule has 0 spiro atoms. The topological polar surface area (TPSA) is 87.7 Å². The van der Waals surface area contributed by atoms with Crippen molar-refractivity contribution in [2.75, 3.05) is 6.54 Å². The van der Waals surface area contributed by atoms with E-state index in [1.165, 1.54) is 6.42 Å². The third-order valence-corrected chi connectivity index (χ3v) is 7.13. The number of carbonyl (C=O) groups excluding carboxylic acids is 3. The molecule has 2 aromatic carbocycles. The van der Waals surface area contributed by atoms with Crippen molar-refractivity contribution in [3.8, 4) is 0 Å². The van der Waals surface area contributed by atoms with Crippen LogP contribution < -0.4 is 10.6 Å². The van der Waals surface area contributed by atoms with Crippen molar-refractivity contribution in [1.29, 1.82) is 0 Å². The Balaban J connectivity index is 1.97. The fourth-order valence-corrected chi connectivity index (χ4v) is 5.28. The third kappa shape index (κ3) is 8.84. The first-order chi connectivity index (χ1) is 18.5. The molecular formula is C32H45N3O4. The molecule has 7 nitrogen and oxygen atoms in total. The molecule has 2 aromatic rings. The molecule has 0 radical (unpaired) electrons. The molecule has 0 saturated heterocycles. The molecule has 2 N–H and O–H groups in total. The maximum atomic E-state index is 14.2. The average molecular weight is 536 g/mol. The van der Waals surface area contributed by atoms with Crippen molar-refractivity contribution in [1.82, 2.24) is 15.5 Å². The van der Waals surface area contributed by atoms with Crippen LogP contribution >= 0.6 is 0 Å². The summed E-state index contributed by atoms with van der Waals surface area (Å²) < 4.78 is 5.49. The van der Waals surface area contributed by atoms with Crippen LogP contribution in [0.4, 0.5) is 4.79 Å². The van der Waals surface area contributed by atoms with E-state index in [1.807, 2.05) is 69.3 Å². The lowest BCUT2D eigenvalue weighted by Crippen LogP contribution is -2.54. The molecule has 1 aliphatic carbocycles. The Hall–Kier alpha value is -3.35. The Labute approximate surface area is 233 Å². The monoisotopic (exact) mass is 535 g/mol. The fraction of sp³-hybridized carbons (Fsp3) is 0.531. The van der Waals surface area contributed by atoms with Gasteiger partial charge in [0.15, 0.2) is 0 Å². The number of carbonyl (C=O) groups is 3. The van der Waals surface area contributed by atoms with Crippen molar-refractivity contribution >= 4 is 17.9 Å². The highest BCUT2D eigenvalue weighted by Gasteiger charge is 2.37. The summed E-state index contributed by atoms with van der Waals surface area (Å²) in [6, 6.07) is 13.9. The lowest BCUT2D eigenvalue weighted by atomic mass is 9.93. The Morgan fingerprint density at radius 3 is 2.26 bits per heavy atom. The van der Waals surface area contributed by atoms with Crippen LogP contribution in [-0.2, 0) is 20.7 Å². The smallest absolute Gasteiger partial charge is 0.408 e. The van der Waals surface area contributed by atoms with Crippen LogP contribution in [0.15, 0.2) is 48.5 Å². The maximum absolute atomic E-state index is 14.2. The molecule has 2 atom stereocenters. The number of benzene rings is 2. The average Bonchev–Trinajstić information content (AvgIpc) is 2.87. The van der Waals surface area contributed by atoms with Gasteiger partial charge in [-0.1, -0.05) is 73.4 Å². The van der Waals surface area contributed by atoms with Crippen molar-refractivity contribution in [2.45, 2.75) is 104 Å². The minimum Gasteiger partial charge on any atom is -0.444 e. The van der Waals surface area contributed by atoms with E-state index in [0.717, 1.165) is 47.9 Å². The van der Waals surface area contributed by atoms with Crippen molar-refractivity contribution in [3.63, 3.8) is 0 Å². The quantitative estimate of drug-likeness (QED) is 0.426. The van der Waals surface area contributed by atoms with E-state index in [4.69, 9.17) is 4.74 Å². The zero-order valence-electron chi connectivity index (χ0n) is 24.4. The summed E-state index contributed by atoms with van der Waals surface area (Å²) in [5.41, 5.74) is 3.02. The van der Waals surface area contributed by atoms with Gasteiger partial charge in [-0.2, -0.15) is 0 Å². The van der Waals surface area contributed by atoms with E-state index in [-0.39, 0.29) is 24.3 Å². The van der Waals surface area contributed by atoms with Crippen LogP contribution in [0, 0.1) is 13.8 Å². The number of aryl methyl sites for hydroxylation is 2. The van der Waals surface area contributed by atoms with Gasteiger partial charge < -0.3 is 20.3 Å². The maximum Gasteiger partial charge on any atom is 0.408 e. The molecule has 1 saturated carbocycles. The SMILES string of the molecule is CCN(C(=O)C(Cc1ccccc1)NC(=O)OC(C)(C)C)C(C(=O)NC1CCCCC1)c1ccc(C)cc1C. The van der Waals surface area contributed by atoms with Crippen LogP contribution in [0.3, 0.4) is 0 Å². The van der Waals surface area contributed by atoms with Gasteiger partial charge in [0.05, 0.1) is 0 Å². The van der Waals surface area contributed by atoms with E-state index in [9.17, 15) is 14.4 Å². The predicted octanol–water partition coefficient (Wildman–Crippen LogP) is 5.78. The van der Waals surface area contributed by atoms with Gasteiger partial charge in [-0.05, 0) is 71.1 Å². The largest absolute Gasteiger partial charge is 0.444 e. The van der Waals surface area contributed by atoms with E-state index < -0.39 is 23.8 Å². The second-order valence-electron chi connectivity index (χ2n) is 11.6. The van der Waals surface area contributed by atoms with E-state index in [0.29, 0.717) is 6.54 Å². The summed E-state index contributed by atoms with van der Waals surface area (Å²) in [7, 11) is 0. The number of nitrogens with one attached hydrogen (secondary N) is 2. The predicted molar refractivity (Wildman–Crippen MR) is 154 cm³/mol. The van der Waals surface area contributed by atoms with E-state index in [2.05, 4.69) is 10.6 Å². The third-order valence-electron chi connectivity index (χ3n) is 7.13. The highest BCUT2D eigenvalue weighted by atomic mass is 16.6. The molecule has 1 fully saturated rings. The Kier molecular flexibility index (Phi) is 10.6. The molecule has 7 heteroatoms. The van der Waals surface area contributed by atoms with Crippen LogP contribution in [0.5, 0.6) is 0 Å². The van der Waals surface area contributed by atoms with Crippen LogP contribution in [0.25, 0.3) is 0 Å². The second-order valence-corrected chi connectivity index (χ2v) is 11.6. The van der Waals surface area contributed by atoms with E-state index in [1.54, 1.807) is 25.7 Å². The van der Waals surface area contributed by atoms with Crippen molar-refractivity contribution < 1.29 is 19.1 Å². The number of hydrogen-bond acceptors (Lipinski definition) is 4. The number of ether oxygens (including phenoxy) is 1. The molecule has 1 aliphatic rings. The molecule has 0 heterocycles. The van der Waals surface area contributed by atoms with Crippen molar-refractivity contribution in [3.05, 3.63) is 70.8 Å². The van der Waals surface area contributed by atoms with Gasteiger partial charge in [0.1, 0.15) is 17.7 Å². The first-order valence-electron chi connectivity index (χ1n) is 14.2. The van der Waals surface area contributed by atoms with Crippen LogP contribution in [0.1, 0.15) is 88.1 Å². The van der Waals surface area contributed by atoms with Gasteiger partial charge in [0, 0.05) is 19.0 Å². The summed E-state index contributed by atoms with van der Waals surface area (Å²) in [6.07, 6.45) is 4.87. The van der Waals surface area contributed by atoms with Gasteiger partial charge in [0.25, 0.3) is 0 Å². The second kappa shape index (κ2) is 13.6. The summed E-state index contributed by atoms with van der Waals surface area (Å²) >= 11 is 0. The number of hydrogen-bond donors (Lipinski definition) is 2. The number of amides is 3. The Bertz CT molecular complexity index is 1120. The standard InChI is InChI=1S/C32H45N3O4/c1-7-35(30(37)27(21-24-14-10-8-11-15-24)34-31(38)39-32(4,5)6)28(26-19-18-22(2)20-23(26)3)29(36)33-25-16-12-9-13-17-25/h8,10-11,14-15,18-20,25,27-28H,7,9,12-13,16-17,21H2,1-6H3,(H,33,36)(H,34,38). The van der Waals surface area contributed by atoms with Crippen LogP contribution in [-0.4, -0.2) is 47.0 Å². The Morgan fingerprint density at radius 1 is 1.00 bits per heavy atom. The highest BCUT2D eigenvalue weighted by molar-refractivity contribution is 5.92. The molecular weight excluding hydrogens is 490 g/mol. The summed E-state index contributed by atoms with van der Waals surface area (Å²) in [6.45, 7) is 11.5. The lowest BCUT2D eigenvalue weighted by Gasteiger charge is -2.35. The zero-order chi connectivity index (χ0) is 28.6. The molecule has 0 aromatic heterocycles. The number of rotatable bonds is 9. The van der Waals surface area contributed by atoms with Gasteiger partial charge in [-0.25, -0.2) is 4.79 Å². The van der Waals surface area contributed by atoms with Gasteiger partial charge in [-0.3, -0.25) is 9.59 Å². The first kappa shape index (κ1) is 30.2. The minimum atomic E-state index is -0.905. The van der Waals surface area contributed by atoms with Gasteiger partial charge in [-0.15, -0.1) is 0 Å². The molecule has 2 unspecified atom stereocenters. The van der Waals surface area contributed by atoms with Crippen LogP contribution in [0.2, 0.25) is 0 Å².